The van der Waals surface area contributed by atoms with Crippen LogP contribution in [0.5, 0.6) is 0 Å². The Hall–Kier alpha value is -2.80. The summed E-state index contributed by atoms with van der Waals surface area (Å²) in [7, 11) is -3.33. The van der Waals surface area contributed by atoms with Crippen LogP contribution in [0.4, 0.5) is 5.69 Å². The number of anilines is 1. The highest BCUT2D eigenvalue weighted by molar-refractivity contribution is 7.92. The number of para-hydroxylation sites is 1. The lowest BCUT2D eigenvalue weighted by atomic mass is 10.2. The molecule has 0 aliphatic carbocycles. The summed E-state index contributed by atoms with van der Waals surface area (Å²) in [5.74, 6) is -0.215. The van der Waals surface area contributed by atoms with E-state index < -0.39 is 10.0 Å². The number of benzene rings is 2. The zero-order valence-corrected chi connectivity index (χ0v) is 13.9. The van der Waals surface area contributed by atoms with Gasteiger partial charge in [-0.15, -0.1) is 0 Å². The molecule has 1 aromatic heterocycles. The number of aromatic nitrogens is 1. The Kier molecular flexibility index (Phi) is 4.26. The fourth-order valence-electron chi connectivity index (χ4n) is 2.43. The minimum absolute atomic E-state index is 0.215. The molecule has 0 saturated heterocycles. The van der Waals surface area contributed by atoms with E-state index in [1.54, 1.807) is 24.3 Å². The Labute approximate surface area is 139 Å². The molecule has 0 fully saturated rings. The summed E-state index contributed by atoms with van der Waals surface area (Å²) < 4.78 is 24.9. The van der Waals surface area contributed by atoms with Crippen LogP contribution in [-0.4, -0.2) is 25.6 Å². The van der Waals surface area contributed by atoms with E-state index in [9.17, 15) is 13.2 Å². The first kappa shape index (κ1) is 16.1. The van der Waals surface area contributed by atoms with Gasteiger partial charge >= 0.3 is 0 Å². The molecule has 0 unspecified atom stereocenters. The van der Waals surface area contributed by atoms with Crippen LogP contribution in [0.15, 0.2) is 54.6 Å². The molecule has 3 rings (SSSR count). The number of carbonyl (C=O) groups excluding carboxylic acids is 1. The number of fused-ring (bicyclic) bond motifs is 1. The largest absolute Gasteiger partial charge is 0.351 e. The number of sulfonamides is 1. The second-order valence-electron chi connectivity index (χ2n) is 5.53. The fraction of sp³-hybridized carbons (Fsp3) is 0.118. The zero-order chi connectivity index (χ0) is 17.2. The van der Waals surface area contributed by atoms with Crippen LogP contribution in [0.25, 0.3) is 10.9 Å². The normalized spacial score (nSPS) is 11.4. The molecule has 3 N–H and O–H groups in total. The summed E-state index contributed by atoms with van der Waals surface area (Å²) in [4.78, 5) is 15.3. The zero-order valence-electron chi connectivity index (χ0n) is 13.0. The third kappa shape index (κ3) is 3.94. The van der Waals surface area contributed by atoms with E-state index in [0.29, 0.717) is 17.9 Å². The van der Waals surface area contributed by atoms with Crippen LogP contribution in [0.1, 0.15) is 16.1 Å². The molecule has 7 heteroatoms. The smallest absolute Gasteiger partial charge is 0.267 e. The van der Waals surface area contributed by atoms with Gasteiger partial charge in [0.2, 0.25) is 10.0 Å². The lowest BCUT2D eigenvalue weighted by Crippen LogP contribution is -2.23. The van der Waals surface area contributed by atoms with Crippen molar-refractivity contribution < 1.29 is 13.2 Å². The van der Waals surface area contributed by atoms with Crippen LogP contribution >= 0.6 is 0 Å². The first-order valence-electron chi connectivity index (χ1n) is 7.33. The first-order valence-corrected chi connectivity index (χ1v) is 9.22. The van der Waals surface area contributed by atoms with Gasteiger partial charge in [-0.25, -0.2) is 8.42 Å². The Morgan fingerprint density at radius 2 is 1.88 bits per heavy atom. The lowest BCUT2D eigenvalue weighted by molar-refractivity contribution is 0.0946. The van der Waals surface area contributed by atoms with Crippen LogP contribution < -0.4 is 10.0 Å². The van der Waals surface area contributed by atoms with Gasteiger partial charge in [-0.1, -0.05) is 30.3 Å². The molecule has 0 aliphatic heterocycles. The summed E-state index contributed by atoms with van der Waals surface area (Å²) in [6, 6.07) is 16.4. The van der Waals surface area contributed by atoms with E-state index in [2.05, 4.69) is 15.0 Å². The van der Waals surface area contributed by atoms with Crippen molar-refractivity contribution in [2.75, 3.05) is 11.0 Å². The number of carbonyl (C=O) groups is 1. The average molecular weight is 343 g/mol. The Bertz CT molecular complexity index is 960. The van der Waals surface area contributed by atoms with Gasteiger partial charge in [0.05, 0.1) is 6.26 Å². The first-order chi connectivity index (χ1) is 11.4. The van der Waals surface area contributed by atoms with Gasteiger partial charge in [0, 0.05) is 23.1 Å². The van der Waals surface area contributed by atoms with Gasteiger partial charge in [0.1, 0.15) is 5.69 Å². The highest BCUT2D eigenvalue weighted by Gasteiger charge is 2.09. The van der Waals surface area contributed by atoms with Crippen LogP contribution in [-0.2, 0) is 16.6 Å². The van der Waals surface area contributed by atoms with Gasteiger partial charge < -0.3 is 10.3 Å². The number of nitrogens with one attached hydrogen (secondary N) is 3. The summed E-state index contributed by atoms with van der Waals surface area (Å²) in [6.07, 6.45) is 1.09. The molecule has 0 radical (unpaired) electrons. The monoisotopic (exact) mass is 343 g/mol. The quantitative estimate of drug-likeness (QED) is 0.664. The van der Waals surface area contributed by atoms with Crippen molar-refractivity contribution in [1.82, 2.24) is 10.3 Å². The van der Waals surface area contributed by atoms with E-state index in [-0.39, 0.29) is 5.91 Å². The maximum Gasteiger partial charge on any atom is 0.267 e. The molecule has 1 amide bonds. The third-order valence-electron chi connectivity index (χ3n) is 3.46. The number of hydrogen-bond donors (Lipinski definition) is 3. The molecular formula is C17H17N3O3S. The SMILES string of the molecule is CS(=O)(=O)Nc1cccc(CNC(=O)c2cc3ccccc3[nH]2)c1. The predicted octanol–water partition coefficient (Wildman–Crippen LogP) is 2.47. The predicted molar refractivity (Wildman–Crippen MR) is 94.4 cm³/mol. The Balaban J connectivity index is 1.69. The maximum atomic E-state index is 12.2. The number of H-pyrrole nitrogens is 1. The van der Waals surface area contributed by atoms with E-state index in [4.69, 9.17) is 0 Å². The highest BCUT2D eigenvalue weighted by atomic mass is 32.2. The van der Waals surface area contributed by atoms with E-state index in [0.717, 1.165) is 22.7 Å². The van der Waals surface area contributed by atoms with Crippen molar-refractivity contribution in [1.29, 1.82) is 0 Å². The Morgan fingerprint density at radius 3 is 2.62 bits per heavy atom. The molecule has 6 nitrogen and oxygen atoms in total. The van der Waals surface area contributed by atoms with E-state index >= 15 is 0 Å². The molecule has 0 saturated carbocycles. The van der Waals surface area contributed by atoms with Crippen molar-refractivity contribution >= 4 is 32.5 Å². The average Bonchev–Trinajstić information content (AvgIpc) is 2.95. The van der Waals surface area contributed by atoms with Gasteiger partial charge in [-0.05, 0) is 29.8 Å². The molecule has 24 heavy (non-hydrogen) atoms. The highest BCUT2D eigenvalue weighted by Crippen LogP contribution is 2.15. The van der Waals surface area contributed by atoms with Crippen molar-refractivity contribution in [3.05, 3.63) is 65.9 Å². The van der Waals surface area contributed by atoms with Crippen LogP contribution in [0.2, 0.25) is 0 Å². The molecule has 0 bridgehead atoms. The number of hydrogen-bond acceptors (Lipinski definition) is 3. The molecule has 0 aliphatic rings. The summed E-state index contributed by atoms with van der Waals surface area (Å²) >= 11 is 0. The summed E-state index contributed by atoms with van der Waals surface area (Å²) in [5.41, 5.74) is 2.66. The fourth-order valence-corrected chi connectivity index (χ4v) is 2.99. The minimum atomic E-state index is -3.33. The van der Waals surface area contributed by atoms with Crippen LogP contribution in [0.3, 0.4) is 0 Å². The van der Waals surface area contributed by atoms with Crippen LogP contribution in [0, 0.1) is 0 Å². The number of aromatic amines is 1. The van der Waals surface area contributed by atoms with Crippen molar-refractivity contribution in [3.63, 3.8) is 0 Å². The van der Waals surface area contributed by atoms with Crippen molar-refractivity contribution in [2.24, 2.45) is 0 Å². The molecule has 1 heterocycles. The second-order valence-corrected chi connectivity index (χ2v) is 7.28. The molecule has 0 spiro atoms. The van der Waals surface area contributed by atoms with Gasteiger partial charge in [0.25, 0.3) is 5.91 Å². The van der Waals surface area contributed by atoms with Gasteiger partial charge in [0.15, 0.2) is 0 Å². The van der Waals surface area contributed by atoms with Crippen molar-refractivity contribution in [3.8, 4) is 0 Å². The summed E-state index contributed by atoms with van der Waals surface area (Å²) in [5, 5.41) is 3.79. The standard InChI is InChI=1S/C17H17N3O3S/c1-24(22,23)20-14-7-4-5-12(9-14)11-18-17(21)16-10-13-6-2-3-8-15(13)19-16/h2-10,19-20H,11H2,1H3,(H,18,21). The molecule has 2 aromatic carbocycles. The Morgan fingerprint density at radius 1 is 1.08 bits per heavy atom. The van der Waals surface area contributed by atoms with Crippen molar-refractivity contribution in [2.45, 2.75) is 6.54 Å². The second kappa shape index (κ2) is 6.37. The number of rotatable bonds is 5. The molecular weight excluding hydrogens is 326 g/mol. The van der Waals surface area contributed by atoms with Gasteiger partial charge in [-0.2, -0.15) is 0 Å². The lowest BCUT2D eigenvalue weighted by Gasteiger charge is -2.07. The molecule has 0 atom stereocenters. The van der Waals surface area contributed by atoms with E-state index in [1.165, 1.54) is 0 Å². The minimum Gasteiger partial charge on any atom is -0.351 e. The third-order valence-corrected chi connectivity index (χ3v) is 4.06. The van der Waals surface area contributed by atoms with E-state index in [1.807, 2.05) is 30.3 Å². The number of amides is 1. The van der Waals surface area contributed by atoms with Gasteiger partial charge in [-0.3, -0.25) is 9.52 Å². The molecule has 124 valence electrons. The molecule has 3 aromatic rings. The topological polar surface area (TPSA) is 91.1 Å². The summed E-state index contributed by atoms with van der Waals surface area (Å²) in [6.45, 7) is 0.299. The maximum absolute atomic E-state index is 12.2.